The van der Waals surface area contributed by atoms with Gasteiger partial charge >= 0.3 is 0 Å². The number of piperidine rings is 1. The number of imidazole rings is 1. The third-order valence-electron chi connectivity index (χ3n) is 5.56. The Balaban J connectivity index is 1.39. The van der Waals surface area contributed by atoms with Crippen molar-refractivity contribution in [3.05, 3.63) is 48.5 Å². The van der Waals surface area contributed by atoms with Gasteiger partial charge < -0.3 is 9.47 Å². The lowest BCUT2D eigenvalue weighted by atomic mass is 9.96. The van der Waals surface area contributed by atoms with Crippen LogP contribution in [-0.4, -0.2) is 45.1 Å². The molecule has 2 aliphatic heterocycles. The molecule has 0 unspecified atom stereocenters. The van der Waals surface area contributed by atoms with Crippen LogP contribution in [0.5, 0.6) is 0 Å². The summed E-state index contributed by atoms with van der Waals surface area (Å²) in [6, 6.07) is 9.28. The van der Waals surface area contributed by atoms with Crippen LogP contribution < -0.4 is 5.01 Å². The Bertz CT molecular complexity index is 881. The Morgan fingerprint density at radius 3 is 2.57 bits per heavy atom. The molecule has 3 heterocycles. The standard InChI is InChI=1S/C21H25N5O2/c1-16-22-11-14-25(16)15-17-9-12-24(13-10-17)21(28)19-7-8-20(27)26(23-19)18-5-3-2-4-6-18/h2-6,11,14,17H,7-10,12-13,15H2,1H3. The number of hydrazone groups is 1. The minimum Gasteiger partial charge on any atom is -0.338 e. The van der Waals surface area contributed by atoms with E-state index in [4.69, 9.17) is 0 Å². The van der Waals surface area contributed by atoms with Crippen molar-refractivity contribution >= 4 is 23.2 Å². The maximum absolute atomic E-state index is 13.0. The van der Waals surface area contributed by atoms with E-state index in [1.54, 1.807) is 0 Å². The number of nitrogens with zero attached hydrogens (tertiary/aromatic N) is 5. The summed E-state index contributed by atoms with van der Waals surface area (Å²) in [6.07, 6.45) is 6.51. The first-order valence-electron chi connectivity index (χ1n) is 9.84. The van der Waals surface area contributed by atoms with E-state index in [2.05, 4.69) is 14.7 Å². The van der Waals surface area contributed by atoms with Gasteiger partial charge in [-0.15, -0.1) is 0 Å². The summed E-state index contributed by atoms with van der Waals surface area (Å²) in [5.74, 6) is 1.47. The number of rotatable bonds is 4. The lowest BCUT2D eigenvalue weighted by molar-refractivity contribution is -0.125. The van der Waals surface area contributed by atoms with Crippen molar-refractivity contribution in [2.45, 2.75) is 39.2 Å². The van der Waals surface area contributed by atoms with E-state index >= 15 is 0 Å². The Hall–Kier alpha value is -2.96. The molecule has 0 spiro atoms. The number of aromatic nitrogens is 2. The molecule has 0 radical (unpaired) electrons. The Morgan fingerprint density at radius 1 is 1.14 bits per heavy atom. The van der Waals surface area contributed by atoms with Crippen LogP contribution in [0.25, 0.3) is 0 Å². The van der Waals surface area contributed by atoms with Crippen molar-refractivity contribution < 1.29 is 9.59 Å². The molecular weight excluding hydrogens is 354 g/mol. The summed E-state index contributed by atoms with van der Waals surface area (Å²) in [6.45, 7) is 4.43. The van der Waals surface area contributed by atoms with E-state index < -0.39 is 0 Å². The molecule has 0 bridgehead atoms. The number of carbonyl (C=O) groups excluding carboxylic acids is 2. The number of carbonyl (C=O) groups is 2. The molecule has 0 aliphatic carbocycles. The van der Waals surface area contributed by atoms with Crippen LogP contribution >= 0.6 is 0 Å². The van der Waals surface area contributed by atoms with Crippen LogP contribution in [0.15, 0.2) is 47.8 Å². The molecule has 1 saturated heterocycles. The molecule has 28 heavy (non-hydrogen) atoms. The van der Waals surface area contributed by atoms with E-state index in [0.29, 0.717) is 30.2 Å². The van der Waals surface area contributed by atoms with Crippen LogP contribution in [0.3, 0.4) is 0 Å². The predicted molar refractivity (Wildman–Crippen MR) is 107 cm³/mol. The third kappa shape index (κ3) is 3.83. The zero-order valence-corrected chi connectivity index (χ0v) is 16.1. The van der Waals surface area contributed by atoms with Gasteiger partial charge in [0.25, 0.3) is 5.91 Å². The Kier molecular flexibility index (Phi) is 5.23. The summed E-state index contributed by atoms with van der Waals surface area (Å²) in [4.78, 5) is 31.4. The van der Waals surface area contributed by atoms with E-state index in [9.17, 15) is 9.59 Å². The van der Waals surface area contributed by atoms with Gasteiger partial charge in [0.2, 0.25) is 5.91 Å². The zero-order chi connectivity index (χ0) is 19.5. The van der Waals surface area contributed by atoms with Crippen molar-refractivity contribution in [2.75, 3.05) is 18.1 Å². The summed E-state index contributed by atoms with van der Waals surface area (Å²) in [5, 5.41) is 5.76. The Morgan fingerprint density at radius 2 is 1.89 bits per heavy atom. The molecular formula is C21H25N5O2. The second-order valence-corrected chi connectivity index (χ2v) is 7.45. The summed E-state index contributed by atoms with van der Waals surface area (Å²) in [5.41, 5.74) is 1.18. The quantitative estimate of drug-likeness (QED) is 0.820. The number of amides is 2. The largest absolute Gasteiger partial charge is 0.338 e. The van der Waals surface area contributed by atoms with Crippen LogP contribution in [0.2, 0.25) is 0 Å². The van der Waals surface area contributed by atoms with Crippen LogP contribution in [0.4, 0.5) is 5.69 Å². The van der Waals surface area contributed by atoms with Crippen molar-refractivity contribution in [3.63, 3.8) is 0 Å². The molecule has 2 aromatic rings. The van der Waals surface area contributed by atoms with Gasteiger partial charge in [0, 0.05) is 44.9 Å². The van der Waals surface area contributed by atoms with E-state index in [1.165, 1.54) is 5.01 Å². The van der Waals surface area contributed by atoms with Crippen molar-refractivity contribution in [1.82, 2.24) is 14.5 Å². The molecule has 1 aromatic heterocycles. The predicted octanol–water partition coefficient (Wildman–Crippen LogP) is 2.61. The highest BCUT2D eigenvalue weighted by Crippen LogP contribution is 2.23. The number of aryl methyl sites for hydroxylation is 1. The molecule has 2 aliphatic rings. The molecule has 4 rings (SSSR count). The highest BCUT2D eigenvalue weighted by Gasteiger charge is 2.30. The monoisotopic (exact) mass is 379 g/mol. The van der Waals surface area contributed by atoms with Crippen LogP contribution in [-0.2, 0) is 16.1 Å². The lowest BCUT2D eigenvalue weighted by Gasteiger charge is -2.33. The average Bonchev–Trinajstić information content (AvgIpc) is 3.13. The number of para-hydroxylation sites is 1. The highest BCUT2D eigenvalue weighted by atomic mass is 16.2. The lowest BCUT2D eigenvalue weighted by Crippen LogP contribution is -2.45. The topological polar surface area (TPSA) is 70.8 Å². The van der Waals surface area contributed by atoms with E-state index in [0.717, 1.165) is 38.3 Å². The van der Waals surface area contributed by atoms with Crippen LogP contribution in [0.1, 0.15) is 31.5 Å². The first kappa shape index (κ1) is 18.4. The Labute approximate surface area is 164 Å². The summed E-state index contributed by atoms with van der Waals surface area (Å²) < 4.78 is 2.18. The first-order valence-corrected chi connectivity index (χ1v) is 9.84. The summed E-state index contributed by atoms with van der Waals surface area (Å²) in [7, 11) is 0. The maximum Gasteiger partial charge on any atom is 0.270 e. The fraction of sp³-hybridized carbons (Fsp3) is 0.429. The van der Waals surface area contributed by atoms with Gasteiger partial charge in [0.05, 0.1) is 5.69 Å². The van der Waals surface area contributed by atoms with Crippen molar-refractivity contribution in [1.29, 1.82) is 0 Å². The van der Waals surface area contributed by atoms with Gasteiger partial charge in [-0.1, -0.05) is 18.2 Å². The molecule has 7 heteroatoms. The van der Waals surface area contributed by atoms with Crippen LogP contribution in [0, 0.1) is 12.8 Å². The van der Waals surface area contributed by atoms with Gasteiger partial charge in [-0.3, -0.25) is 9.59 Å². The molecule has 0 N–H and O–H groups in total. The van der Waals surface area contributed by atoms with Gasteiger partial charge in [-0.2, -0.15) is 5.10 Å². The fourth-order valence-electron chi connectivity index (χ4n) is 3.85. The second-order valence-electron chi connectivity index (χ2n) is 7.45. The number of hydrogen-bond acceptors (Lipinski definition) is 4. The summed E-state index contributed by atoms with van der Waals surface area (Å²) >= 11 is 0. The highest BCUT2D eigenvalue weighted by molar-refractivity contribution is 6.40. The molecule has 0 atom stereocenters. The van der Waals surface area contributed by atoms with Crippen molar-refractivity contribution in [3.8, 4) is 0 Å². The number of hydrogen-bond donors (Lipinski definition) is 0. The van der Waals surface area contributed by atoms with E-state index in [1.807, 2.05) is 54.5 Å². The molecule has 146 valence electrons. The van der Waals surface area contributed by atoms with Crippen molar-refractivity contribution in [2.24, 2.45) is 11.0 Å². The average molecular weight is 379 g/mol. The molecule has 7 nitrogen and oxygen atoms in total. The number of benzene rings is 1. The molecule has 2 amide bonds. The SMILES string of the molecule is Cc1nccn1CC1CCN(C(=O)C2=NN(c3ccccc3)C(=O)CC2)CC1. The van der Waals surface area contributed by atoms with Gasteiger partial charge in [-0.05, 0) is 37.8 Å². The number of likely N-dealkylation sites (tertiary alicyclic amines) is 1. The van der Waals surface area contributed by atoms with E-state index in [-0.39, 0.29) is 11.8 Å². The second kappa shape index (κ2) is 7.96. The van der Waals surface area contributed by atoms with Gasteiger partial charge in [0.15, 0.2) is 0 Å². The van der Waals surface area contributed by atoms with Gasteiger partial charge in [0.1, 0.15) is 11.5 Å². The smallest absolute Gasteiger partial charge is 0.270 e. The normalized spacial score (nSPS) is 18.3. The van der Waals surface area contributed by atoms with Gasteiger partial charge in [-0.25, -0.2) is 9.99 Å². The minimum absolute atomic E-state index is 0.0364. The first-order chi connectivity index (χ1) is 13.6. The zero-order valence-electron chi connectivity index (χ0n) is 16.1. The molecule has 0 saturated carbocycles. The molecule has 1 fully saturated rings. The molecule has 1 aromatic carbocycles. The number of anilines is 1. The fourth-order valence-corrected chi connectivity index (χ4v) is 3.85. The minimum atomic E-state index is -0.0721. The third-order valence-corrected chi connectivity index (χ3v) is 5.56. The maximum atomic E-state index is 13.0.